The molecule has 3 aromatic rings. The van der Waals surface area contributed by atoms with Crippen LogP contribution in [-0.2, 0) is 13.1 Å². The second-order valence-electron chi connectivity index (χ2n) is 4.45. The van der Waals surface area contributed by atoms with E-state index in [0.717, 1.165) is 14.2 Å². The fraction of sp³-hybridized carbons (Fsp3) is 0.214. The third-order valence-corrected chi connectivity index (χ3v) is 5.94. The molecule has 0 radical (unpaired) electrons. The minimum atomic E-state index is -0.196. The zero-order chi connectivity index (χ0) is 15.4. The molecule has 2 heterocycles. The van der Waals surface area contributed by atoms with Crippen LogP contribution in [0.5, 0.6) is 0 Å². The van der Waals surface area contributed by atoms with Gasteiger partial charge in [-0.15, -0.1) is 21.5 Å². The number of amides is 2. The zero-order valence-electron chi connectivity index (χ0n) is 11.8. The molecule has 0 unspecified atom stereocenters. The van der Waals surface area contributed by atoms with Gasteiger partial charge in [0.2, 0.25) is 0 Å². The monoisotopic (exact) mass is 350 g/mol. The lowest BCUT2D eigenvalue weighted by atomic mass is 10.2. The van der Waals surface area contributed by atoms with Gasteiger partial charge < -0.3 is 10.6 Å². The lowest BCUT2D eigenvalue weighted by Gasteiger charge is -2.04. The molecule has 0 aliphatic carbocycles. The molecule has 0 saturated heterocycles. The van der Waals surface area contributed by atoms with Crippen molar-refractivity contribution in [3.8, 4) is 0 Å². The van der Waals surface area contributed by atoms with E-state index < -0.39 is 0 Å². The fourth-order valence-electron chi connectivity index (χ4n) is 1.90. The number of carbonyl (C=O) groups excluding carboxylic acids is 1. The summed E-state index contributed by atoms with van der Waals surface area (Å²) in [7, 11) is 0. The second-order valence-corrected chi connectivity index (χ2v) is 7.74. The van der Waals surface area contributed by atoms with Gasteiger partial charge in [0.25, 0.3) is 0 Å². The molecule has 0 spiro atoms. The van der Waals surface area contributed by atoms with Crippen molar-refractivity contribution < 1.29 is 4.79 Å². The smallest absolute Gasteiger partial charge is 0.315 e. The highest BCUT2D eigenvalue weighted by Crippen LogP contribution is 2.25. The Morgan fingerprint density at radius 1 is 1.18 bits per heavy atom. The van der Waals surface area contributed by atoms with Crippen LogP contribution in [0.1, 0.15) is 9.88 Å². The Bertz CT molecular complexity index is 750. The molecule has 2 amide bonds. The summed E-state index contributed by atoms with van der Waals surface area (Å²) < 4.78 is 2.14. The minimum Gasteiger partial charge on any atom is -0.333 e. The van der Waals surface area contributed by atoms with Crippen LogP contribution in [0.15, 0.2) is 34.7 Å². The third-order valence-electron chi connectivity index (χ3n) is 2.92. The summed E-state index contributed by atoms with van der Waals surface area (Å²) in [6.07, 6.45) is 1.95. The van der Waals surface area contributed by atoms with E-state index in [0.29, 0.717) is 13.1 Å². The normalized spacial score (nSPS) is 10.8. The average molecular weight is 350 g/mol. The molecule has 22 heavy (non-hydrogen) atoms. The van der Waals surface area contributed by atoms with E-state index >= 15 is 0 Å². The number of nitrogens with zero attached hydrogens (tertiary/aromatic N) is 2. The number of urea groups is 1. The molecule has 0 fully saturated rings. The van der Waals surface area contributed by atoms with Crippen LogP contribution in [0.25, 0.3) is 10.1 Å². The molecule has 0 atom stereocenters. The zero-order valence-corrected chi connectivity index (χ0v) is 14.3. The standard InChI is InChI=1S/C14H14N4OS3/c1-20-14-18-17-12(22-14)8-16-13(19)15-7-10-6-9-4-2-3-5-11(9)21-10/h2-6H,7-8H2,1H3,(H2,15,16,19). The Morgan fingerprint density at radius 2 is 2.00 bits per heavy atom. The molecule has 114 valence electrons. The first kappa shape index (κ1) is 15.3. The molecule has 2 N–H and O–H groups in total. The molecule has 3 rings (SSSR count). The van der Waals surface area contributed by atoms with Crippen molar-refractivity contribution >= 4 is 50.6 Å². The average Bonchev–Trinajstić information content (AvgIpc) is 3.16. The highest BCUT2D eigenvalue weighted by atomic mass is 32.2. The summed E-state index contributed by atoms with van der Waals surface area (Å²) in [5.41, 5.74) is 0. The Kier molecular flexibility index (Phi) is 4.91. The molecule has 2 aromatic heterocycles. The summed E-state index contributed by atoms with van der Waals surface area (Å²) in [6.45, 7) is 0.924. The van der Waals surface area contributed by atoms with Gasteiger partial charge in [-0.25, -0.2) is 4.79 Å². The van der Waals surface area contributed by atoms with Crippen LogP contribution in [0.2, 0.25) is 0 Å². The lowest BCUT2D eigenvalue weighted by molar-refractivity contribution is 0.240. The number of rotatable bonds is 5. The molecular formula is C14H14N4OS3. The lowest BCUT2D eigenvalue weighted by Crippen LogP contribution is -2.34. The topological polar surface area (TPSA) is 66.9 Å². The van der Waals surface area contributed by atoms with Gasteiger partial charge in [0, 0.05) is 9.58 Å². The summed E-state index contributed by atoms with van der Waals surface area (Å²) >= 11 is 4.74. The van der Waals surface area contributed by atoms with E-state index in [1.165, 1.54) is 21.4 Å². The van der Waals surface area contributed by atoms with E-state index in [9.17, 15) is 4.79 Å². The molecular weight excluding hydrogens is 336 g/mol. The van der Waals surface area contributed by atoms with Gasteiger partial charge in [0.05, 0.1) is 13.1 Å². The maximum atomic E-state index is 11.8. The van der Waals surface area contributed by atoms with E-state index in [1.807, 2.05) is 18.4 Å². The molecule has 0 saturated carbocycles. The molecule has 0 bridgehead atoms. The van der Waals surface area contributed by atoms with Crippen LogP contribution in [-0.4, -0.2) is 22.5 Å². The SMILES string of the molecule is CSc1nnc(CNC(=O)NCc2cc3ccccc3s2)s1. The highest BCUT2D eigenvalue weighted by molar-refractivity contribution is 8.00. The molecule has 0 aliphatic heterocycles. The largest absolute Gasteiger partial charge is 0.333 e. The number of hydrogen-bond donors (Lipinski definition) is 2. The van der Waals surface area contributed by atoms with Gasteiger partial charge in [0.15, 0.2) is 4.34 Å². The van der Waals surface area contributed by atoms with Gasteiger partial charge in [-0.1, -0.05) is 41.3 Å². The Hall–Kier alpha value is -1.64. The minimum absolute atomic E-state index is 0.196. The maximum absolute atomic E-state index is 11.8. The predicted molar refractivity (Wildman–Crippen MR) is 92.6 cm³/mol. The van der Waals surface area contributed by atoms with Crippen molar-refractivity contribution in [2.45, 2.75) is 17.4 Å². The van der Waals surface area contributed by atoms with Crippen LogP contribution < -0.4 is 10.6 Å². The summed E-state index contributed by atoms with van der Waals surface area (Å²) in [5, 5.41) is 15.7. The fourth-order valence-corrected chi connectivity index (χ4v) is 4.16. The number of nitrogens with one attached hydrogen (secondary N) is 2. The van der Waals surface area contributed by atoms with E-state index in [4.69, 9.17) is 0 Å². The molecule has 8 heteroatoms. The van der Waals surface area contributed by atoms with E-state index in [-0.39, 0.29) is 6.03 Å². The summed E-state index contributed by atoms with van der Waals surface area (Å²) in [5.74, 6) is 0. The van der Waals surface area contributed by atoms with Crippen molar-refractivity contribution in [2.24, 2.45) is 0 Å². The Balaban J connectivity index is 1.49. The number of aromatic nitrogens is 2. The van der Waals surface area contributed by atoms with Gasteiger partial charge in [-0.3, -0.25) is 0 Å². The van der Waals surface area contributed by atoms with Gasteiger partial charge >= 0.3 is 6.03 Å². The molecule has 0 aliphatic rings. The van der Waals surface area contributed by atoms with Crippen LogP contribution in [0.3, 0.4) is 0 Å². The number of thioether (sulfide) groups is 1. The molecule has 5 nitrogen and oxygen atoms in total. The van der Waals surface area contributed by atoms with Crippen LogP contribution in [0.4, 0.5) is 4.79 Å². The second kappa shape index (κ2) is 7.08. The van der Waals surface area contributed by atoms with Crippen molar-refractivity contribution in [3.63, 3.8) is 0 Å². The number of hydrogen-bond acceptors (Lipinski definition) is 6. The van der Waals surface area contributed by atoms with Gasteiger partial charge in [0.1, 0.15) is 5.01 Å². The van der Waals surface area contributed by atoms with Crippen molar-refractivity contribution in [3.05, 3.63) is 40.2 Å². The quantitative estimate of drug-likeness (QED) is 0.692. The predicted octanol–water partition coefficient (Wildman–Crippen LogP) is 3.47. The Morgan fingerprint density at radius 3 is 2.77 bits per heavy atom. The van der Waals surface area contributed by atoms with Crippen molar-refractivity contribution in [1.29, 1.82) is 0 Å². The van der Waals surface area contributed by atoms with E-state index in [1.54, 1.807) is 23.1 Å². The van der Waals surface area contributed by atoms with Crippen LogP contribution in [0, 0.1) is 0 Å². The highest BCUT2D eigenvalue weighted by Gasteiger charge is 2.06. The summed E-state index contributed by atoms with van der Waals surface area (Å²) in [6, 6.07) is 10.1. The first-order chi connectivity index (χ1) is 10.7. The van der Waals surface area contributed by atoms with E-state index in [2.05, 4.69) is 39.0 Å². The number of thiophene rings is 1. The number of fused-ring (bicyclic) bond motifs is 1. The van der Waals surface area contributed by atoms with Crippen molar-refractivity contribution in [2.75, 3.05) is 6.26 Å². The Labute approximate surface area is 140 Å². The van der Waals surface area contributed by atoms with Crippen molar-refractivity contribution in [1.82, 2.24) is 20.8 Å². The first-order valence-corrected chi connectivity index (χ1v) is 9.46. The number of carbonyl (C=O) groups is 1. The third kappa shape index (κ3) is 3.76. The maximum Gasteiger partial charge on any atom is 0.315 e. The van der Waals surface area contributed by atoms with Crippen LogP contribution >= 0.6 is 34.4 Å². The first-order valence-electron chi connectivity index (χ1n) is 6.60. The molecule has 1 aromatic carbocycles. The van der Waals surface area contributed by atoms with Gasteiger partial charge in [-0.2, -0.15) is 0 Å². The van der Waals surface area contributed by atoms with Gasteiger partial charge in [-0.05, 0) is 23.8 Å². The summed E-state index contributed by atoms with van der Waals surface area (Å²) in [4.78, 5) is 13.0. The number of benzene rings is 1.